The molecule has 0 aromatic carbocycles. The summed E-state index contributed by atoms with van der Waals surface area (Å²) < 4.78 is 0. The average molecular weight is 183 g/mol. The van der Waals surface area contributed by atoms with Crippen LogP contribution in [0.2, 0.25) is 0 Å². The largest absolute Gasteiger partial charge is 0.391 e. The first kappa shape index (κ1) is 10.6. The van der Waals surface area contributed by atoms with Gasteiger partial charge in [-0.1, -0.05) is 19.9 Å². The fourth-order valence-electron chi connectivity index (χ4n) is 1.78. The topological polar surface area (TPSA) is 23.5 Å². The molecule has 1 heterocycles. The van der Waals surface area contributed by atoms with E-state index in [0.29, 0.717) is 0 Å². The maximum absolute atomic E-state index is 9.47. The van der Waals surface area contributed by atoms with Crippen molar-refractivity contribution in [2.45, 2.75) is 45.1 Å². The first-order valence-electron chi connectivity index (χ1n) is 5.34. The number of aliphatic hydroxyl groups excluding tert-OH is 1. The molecule has 1 atom stereocenters. The highest BCUT2D eigenvalue weighted by Crippen LogP contribution is 2.17. The second kappa shape index (κ2) is 5.28. The third-order valence-electron chi connectivity index (χ3n) is 2.66. The summed E-state index contributed by atoms with van der Waals surface area (Å²) >= 11 is 0. The first-order valence-corrected chi connectivity index (χ1v) is 5.34. The van der Waals surface area contributed by atoms with Crippen molar-refractivity contribution < 1.29 is 5.11 Å². The van der Waals surface area contributed by atoms with Crippen molar-refractivity contribution in [3.63, 3.8) is 0 Å². The van der Waals surface area contributed by atoms with E-state index >= 15 is 0 Å². The molecule has 1 aliphatic heterocycles. The zero-order valence-corrected chi connectivity index (χ0v) is 8.63. The minimum atomic E-state index is -0.132. The summed E-state index contributed by atoms with van der Waals surface area (Å²) in [5.41, 5.74) is 1.21. The summed E-state index contributed by atoms with van der Waals surface area (Å²) in [5, 5.41) is 9.47. The van der Waals surface area contributed by atoms with Gasteiger partial charge in [-0.15, -0.1) is 0 Å². The SMILES string of the molecule is C=C(CCCC)N1CCCC(O)C1. The van der Waals surface area contributed by atoms with Gasteiger partial charge in [0.05, 0.1) is 6.10 Å². The van der Waals surface area contributed by atoms with E-state index in [0.717, 1.165) is 32.4 Å². The summed E-state index contributed by atoms with van der Waals surface area (Å²) in [7, 11) is 0. The third-order valence-corrected chi connectivity index (χ3v) is 2.66. The molecule has 1 N–H and O–H groups in total. The minimum Gasteiger partial charge on any atom is -0.391 e. The van der Waals surface area contributed by atoms with Crippen molar-refractivity contribution in [3.05, 3.63) is 12.3 Å². The van der Waals surface area contributed by atoms with Gasteiger partial charge in [0.2, 0.25) is 0 Å². The first-order chi connectivity index (χ1) is 6.24. The molecule has 0 aromatic heterocycles. The van der Waals surface area contributed by atoms with Crippen LogP contribution in [0.15, 0.2) is 12.3 Å². The highest BCUT2D eigenvalue weighted by molar-refractivity contribution is 4.96. The van der Waals surface area contributed by atoms with E-state index in [2.05, 4.69) is 18.4 Å². The van der Waals surface area contributed by atoms with Crippen LogP contribution >= 0.6 is 0 Å². The van der Waals surface area contributed by atoms with Gasteiger partial charge < -0.3 is 10.0 Å². The van der Waals surface area contributed by atoms with Crippen LogP contribution in [-0.2, 0) is 0 Å². The molecule has 0 spiro atoms. The van der Waals surface area contributed by atoms with E-state index in [4.69, 9.17) is 0 Å². The van der Waals surface area contributed by atoms with Crippen LogP contribution in [0.5, 0.6) is 0 Å². The van der Waals surface area contributed by atoms with E-state index in [1.807, 2.05) is 0 Å². The lowest BCUT2D eigenvalue weighted by atomic mass is 10.1. The lowest BCUT2D eigenvalue weighted by molar-refractivity contribution is 0.0863. The molecule has 1 rings (SSSR count). The molecular formula is C11H21NO. The lowest BCUT2D eigenvalue weighted by Gasteiger charge is -2.33. The fourth-order valence-corrected chi connectivity index (χ4v) is 1.78. The molecule has 0 bridgehead atoms. The Morgan fingerprint density at radius 1 is 1.62 bits per heavy atom. The molecule has 2 nitrogen and oxygen atoms in total. The molecule has 1 fully saturated rings. The molecular weight excluding hydrogens is 162 g/mol. The van der Waals surface area contributed by atoms with E-state index in [-0.39, 0.29) is 6.10 Å². The average Bonchev–Trinajstić information content (AvgIpc) is 2.14. The predicted octanol–water partition coefficient (Wildman–Crippen LogP) is 2.15. The van der Waals surface area contributed by atoms with Crippen molar-refractivity contribution in [2.75, 3.05) is 13.1 Å². The number of piperidine rings is 1. The molecule has 76 valence electrons. The smallest absolute Gasteiger partial charge is 0.0715 e. The van der Waals surface area contributed by atoms with Gasteiger partial charge in [-0.05, 0) is 25.7 Å². The van der Waals surface area contributed by atoms with Crippen molar-refractivity contribution in [3.8, 4) is 0 Å². The Morgan fingerprint density at radius 2 is 2.38 bits per heavy atom. The Morgan fingerprint density at radius 3 is 3.00 bits per heavy atom. The Hall–Kier alpha value is -0.500. The summed E-state index contributed by atoms with van der Waals surface area (Å²) in [6.07, 6.45) is 5.45. The van der Waals surface area contributed by atoms with Crippen molar-refractivity contribution in [2.24, 2.45) is 0 Å². The van der Waals surface area contributed by atoms with Gasteiger partial charge in [0, 0.05) is 18.8 Å². The lowest BCUT2D eigenvalue weighted by Crippen LogP contribution is -2.37. The van der Waals surface area contributed by atoms with Crippen LogP contribution in [0.25, 0.3) is 0 Å². The van der Waals surface area contributed by atoms with Gasteiger partial charge in [-0.3, -0.25) is 0 Å². The van der Waals surface area contributed by atoms with E-state index in [1.165, 1.54) is 18.5 Å². The number of β-amino-alcohol motifs (C(OH)–C–C–N with tert-alkyl or cyclic N) is 1. The zero-order valence-electron chi connectivity index (χ0n) is 8.63. The summed E-state index contributed by atoms with van der Waals surface area (Å²) in [6, 6.07) is 0. The molecule has 0 aliphatic carbocycles. The van der Waals surface area contributed by atoms with E-state index in [1.54, 1.807) is 0 Å². The number of allylic oxidation sites excluding steroid dienone is 1. The molecule has 1 aliphatic rings. The Labute approximate surface area is 81.2 Å². The van der Waals surface area contributed by atoms with Gasteiger partial charge in [0.25, 0.3) is 0 Å². The van der Waals surface area contributed by atoms with E-state index < -0.39 is 0 Å². The number of hydrogen-bond donors (Lipinski definition) is 1. The maximum atomic E-state index is 9.47. The Kier molecular flexibility index (Phi) is 4.29. The number of rotatable bonds is 4. The highest BCUT2D eigenvalue weighted by atomic mass is 16.3. The number of unbranched alkanes of at least 4 members (excludes halogenated alkanes) is 1. The Bertz CT molecular complexity index is 167. The molecule has 1 saturated heterocycles. The second-order valence-corrected chi connectivity index (χ2v) is 3.91. The van der Waals surface area contributed by atoms with Crippen LogP contribution in [0, 0.1) is 0 Å². The summed E-state index contributed by atoms with van der Waals surface area (Å²) in [5.74, 6) is 0. The van der Waals surface area contributed by atoms with Crippen LogP contribution in [0.4, 0.5) is 0 Å². The van der Waals surface area contributed by atoms with Gasteiger partial charge >= 0.3 is 0 Å². The van der Waals surface area contributed by atoms with Crippen molar-refractivity contribution in [1.29, 1.82) is 0 Å². The van der Waals surface area contributed by atoms with Crippen molar-refractivity contribution in [1.82, 2.24) is 4.90 Å². The van der Waals surface area contributed by atoms with E-state index in [9.17, 15) is 5.11 Å². The maximum Gasteiger partial charge on any atom is 0.0715 e. The number of likely N-dealkylation sites (tertiary alicyclic amines) is 1. The monoisotopic (exact) mass is 183 g/mol. The normalized spacial score (nSPS) is 23.2. The predicted molar refractivity (Wildman–Crippen MR) is 55.5 cm³/mol. The molecule has 0 amide bonds. The second-order valence-electron chi connectivity index (χ2n) is 3.91. The van der Waals surface area contributed by atoms with Gasteiger partial charge in [-0.2, -0.15) is 0 Å². The Balaban J connectivity index is 2.28. The third kappa shape index (κ3) is 3.39. The standard InChI is InChI=1S/C11H21NO/c1-3-4-6-10(2)12-8-5-7-11(13)9-12/h11,13H,2-9H2,1H3. The summed E-state index contributed by atoms with van der Waals surface area (Å²) in [6.45, 7) is 8.14. The highest BCUT2D eigenvalue weighted by Gasteiger charge is 2.17. The zero-order chi connectivity index (χ0) is 9.68. The fraction of sp³-hybridized carbons (Fsp3) is 0.818. The molecule has 13 heavy (non-hydrogen) atoms. The molecule has 0 radical (unpaired) electrons. The summed E-state index contributed by atoms with van der Waals surface area (Å²) in [4.78, 5) is 2.24. The van der Waals surface area contributed by atoms with Crippen LogP contribution in [0.1, 0.15) is 39.0 Å². The number of aliphatic hydroxyl groups is 1. The van der Waals surface area contributed by atoms with Crippen LogP contribution < -0.4 is 0 Å². The molecule has 0 aromatic rings. The number of hydrogen-bond acceptors (Lipinski definition) is 2. The van der Waals surface area contributed by atoms with Gasteiger partial charge in [-0.25, -0.2) is 0 Å². The molecule has 2 heteroatoms. The van der Waals surface area contributed by atoms with Gasteiger partial charge in [0.1, 0.15) is 0 Å². The van der Waals surface area contributed by atoms with Crippen LogP contribution in [-0.4, -0.2) is 29.2 Å². The number of nitrogens with zero attached hydrogens (tertiary/aromatic N) is 1. The van der Waals surface area contributed by atoms with Crippen molar-refractivity contribution >= 4 is 0 Å². The molecule has 1 unspecified atom stereocenters. The van der Waals surface area contributed by atoms with Gasteiger partial charge in [0.15, 0.2) is 0 Å². The van der Waals surface area contributed by atoms with Crippen LogP contribution in [0.3, 0.4) is 0 Å². The molecule has 0 saturated carbocycles. The minimum absolute atomic E-state index is 0.132. The quantitative estimate of drug-likeness (QED) is 0.722.